The molecular formula is C16H15BN2O3. The first-order valence-corrected chi connectivity index (χ1v) is 6.99. The van der Waals surface area contributed by atoms with E-state index in [1.165, 1.54) is 0 Å². The summed E-state index contributed by atoms with van der Waals surface area (Å²) >= 11 is 0. The van der Waals surface area contributed by atoms with Gasteiger partial charge in [0.25, 0.3) is 0 Å². The van der Waals surface area contributed by atoms with Gasteiger partial charge in [-0.25, -0.2) is 4.98 Å². The van der Waals surface area contributed by atoms with Gasteiger partial charge in [-0.3, -0.25) is 0 Å². The Morgan fingerprint density at radius 2 is 2.14 bits per heavy atom. The van der Waals surface area contributed by atoms with Gasteiger partial charge in [-0.05, 0) is 55.1 Å². The zero-order valence-electron chi connectivity index (χ0n) is 12.7. The lowest BCUT2D eigenvalue weighted by molar-refractivity contribution is 0.274. The number of pyridine rings is 1. The summed E-state index contributed by atoms with van der Waals surface area (Å²) in [6.07, 6.45) is 0. The second-order valence-electron chi connectivity index (χ2n) is 5.38. The van der Waals surface area contributed by atoms with Crippen LogP contribution < -0.4 is 10.2 Å². The van der Waals surface area contributed by atoms with E-state index in [1.54, 1.807) is 18.2 Å². The maximum atomic E-state index is 9.72. The summed E-state index contributed by atoms with van der Waals surface area (Å²) in [4.78, 5) is 4.36. The molecule has 5 nitrogen and oxygen atoms in total. The predicted molar refractivity (Wildman–Crippen MR) is 82.1 cm³/mol. The van der Waals surface area contributed by atoms with Crippen molar-refractivity contribution in [2.45, 2.75) is 27.4 Å². The van der Waals surface area contributed by atoms with Crippen molar-refractivity contribution in [2.24, 2.45) is 0 Å². The lowest BCUT2D eigenvalue weighted by atomic mass is 9.78. The number of nitriles is 1. The van der Waals surface area contributed by atoms with Crippen LogP contribution in [-0.2, 0) is 11.3 Å². The molecule has 110 valence electrons. The van der Waals surface area contributed by atoms with Crippen molar-refractivity contribution in [1.82, 2.24) is 4.98 Å². The standard InChI is InChI=1S/C16H15BN2O3/c1-9-6-12(7-18)16(19-11(9)3)22-15-5-4-14-13(10(15)2)8-21-17(14)20/h4-6,20H,8H2,1-3H3. The lowest BCUT2D eigenvalue weighted by Gasteiger charge is -2.13. The highest BCUT2D eigenvalue weighted by Gasteiger charge is 2.29. The van der Waals surface area contributed by atoms with Crippen LogP contribution in [0.2, 0.25) is 0 Å². The fourth-order valence-corrected chi connectivity index (χ4v) is 2.49. The van der Waals surface area contributed by atoms with Gasteiger partial charge in [0.2, 0.25) is 5.88 Å². The molecule has 1 aliphatic rings. The zero-order chi connectivity index (χ0) is 15.9. The summed E-state index contributed by atoms with van der Waals surface area (Å²) in [5.41, 5.74) is 4.75. The molecule has 22 heavy (non-hydrogen) atoms. The minimum Gasteiger partial charge on any atom is -0.437 e. The molecule has 0 radical (unpaired) electrons. The molecule has 0 saturated carbocycles. The zero-order valence-corrected chi connectivity index (χ0v) is 12.7. The number of rotatable bonds is 2. The summed E-state index contributed by atoms with van der Waals surface area (Å²) in [5, 5.41) is 19.0. The average molecular weight is 294 g/mol. The molecule has 6 heteroatoms. The van der Waals surface area contributed by atoms with Crippen molar-refractivity contribution >= 4 is 12.6 Å². The summed E-state index contributed by atoms with van der Waals surface area (Å²) in [6, 6.07) is 7.43. The highest BCUT2D eigenvalue weighted by atomic mass is 16.5. The van der Waals surface area contributed by atoms with Crippen LogP contribution in [-0.4, -0.2) is 17.1 Å². The van der Waals surface area contributed by atoms with E-state index in [-0.39, 0.29) is 0 Å². The van der Waals surface area contributed by atoms with Gasteiger partial charge in [-0.1, -0.05) is 6.07 Å². The Labute approximate surface area is 129 Å². The molecule has 0 atom stereocenters. The van der Waals surface area contributed by atoms with Gasteiger partial charge >= 0.3 is 7.12 Å². The normalized spacial score (nSPS) is 13.0. The molecule has 0 unspecified atom stereocenters. The van der Waals surface area contributed by atoms with E-state index in [1.807, 2.05) is 20.8 Å². The molecule has 1 aromatic carbocycles. The molecule has 0 fully saturated rings. The Hall–Kier alpha value is -2.36. The van der Waals surface area contributed by atoms with Gasteiger partial charge in [0, 0.05) is 5.69 Å². The highest BCUT2D eigenvalue weighted by Crippen LogP contribution is 2.30. The fraction of sp³-hybridized carbons (Fsp3) is 0.250. The number of ether oxygens (including phenoxy) is 1. The van der Waals surface area contributed by atoms with Gasteiger partial charge in [-0.2, -0.15) is 5.26 Å². The number of aromatic nitrogens is 1. The lowest BCUT2D eigenvalue weighted by Crippen LogP contribution is -2.28. The third-order valence-electron chi connectivity index (χ3n) is 3.99. The molecule has 1 aliphatic heterocycles. The van der Waals surface area contributed by atoms with Crippen LogP contribution >= 0.6 is 0 Å². The van der Waals surface area contributed by atoms with E-state index in [9.17, 15) is 10.3 Å². The number of aryl methyl sites for hydroxylation is 2. The summed E-state index contributed by atoms with van der Waals surface area (Å²) in [7, 11) is -0.878. The van der Waals surface area contributed by atoms with E-state index in [0.29, 0.717) is 23.8 Å². The van der Waals surface area contributed by atoms with Crippen molar-refractivity contribution in [1.29, 1.82) is 5.26 Å². The molecule has 2 aromatic rings. The SMILES string of the molecule is Cc1cc(C#N)c(Oc2ccc3c(c2C)COB3O)nc1C. The molecule has 0 aliphatic carbocycles. The Morgan fingerprint density at radius 3 is 2.86 bits per heavy atom. The smallest absolute Gasteiger partial charge is 0.437 e. The van der Waals surface area contributed by atoms with Crippen LogP contribution in [0.15, 0.2) is 18.2 Å². The summed E-state index contributed by atoms with van der Waals surface area (Å²) < 4.78 is 11.1. The fourth-order valence-electron chi connectivity index (χ4n) is 2.49. The van der Waals surface area contributed by atoms with Crippen LogP contribution in [0.1, 0.15) is 27.9 Å². The third kappa shape index (κ3) is 2.35. The van der Waals surface area contributed by atoms with Crippen LogP contribution in [0, 0.1) is 32.1 Å². The molecule has 1 aromatic heterocycles. The maximum Gasteiger partial charge on any atom is 0.491 e. The van der Waals surface area contributed by atoms with Crippen molar-refractivity contribution in [3.63, 3.8) is 0 Å². The topological polar surface area (TPSA) is 75.4 Å². The number of benzene rings is 1. The summed E-state index contributed by atoms with van der Waals surface area (Å²) in [6.45, 7) is 6.04. The monoisotopic (exact) mass is 294 g/mol. The minimum absolute atomic E-state index is 0.299. The predicted octanol–water partition coefficient (Wildman–Crippen LogP) is 1.89. The van der Waals surface area contributed by atoms with E-state index in [2.05, 4.69) is 11.1 Å². The molecule has 3 rings (SSSR count). The molecular weight excluding hydrogens is 279 g/mol. The van der Waals surface area contributed by atoms with E-state index >= 15 is 0 Å². The largest absolute Gasteiger partial charge is 0.491 e. The number of fused-ring (bicyclic) bond motifs is 1. The van der Waals surface area contributed by atoms with Gasteiger partial charge in [0.1, 0.15) is 17.4 Å². The first-order chi connectivity index (χ1) is 10.5. The van der Waals surface area contributed by atoms with Crippen LogP contribution in [0.25, 0.3) is 0 Å². The molecule has 0 bridgehead atoms. The minimum atomic E-state index is -0.878. The van der Waals surface area contributed by atoms with Gasteiger partial charge in [0.15, 0.2) is 0 Å². The Bertz CT molecular complexity index is 799. The van der Waals surface area contributed by atoms with Crippen molar-refractivity contribution in [2.75, 3.05) is 0 Å². The third-order valence-corrected chi connectivity index (χ3v) is 3.99. The Kier molecular flexibility index (Phi) is 3.61. The average Bonchev–Trinajstić information content (AvgIpc) is 2.87. The van der Waals surface area contributed by atoms with Gasteiger partial charge in [-0.15, -0.1) is 0 Å². The maximum absolute atomic E-state index is 9.72. The van der Waals surface area contributed by atoms with Crippen molar-refractivity contribution in [3.8, 4) is 17.7 Å². The second kappa shape index (κ2) is 5.45. The highest BCUT2D eigenvalue weighted by molar-refractivity contribution is 6.61. The van der Waals surface area contributed by atoms with Crippen LogP contribution in [0.3, 0.4) is 0 Å². The van der Waals surface area contributed by atoms with E-state index < -0.39 is 7.12 Å². The Balaban J connectivity index is 2.02. The van der Waals surface area contributed by atoms with E-state index in [4.69, 9.17) is 9.39 Å². The molecule has 0 amide bonds. The second-order valence-corrected chi connectivity index (χ2v) is 5.38. The molecule has 0 spiro atoms. The Morgan fingerprint density at radius 1 is 1.36 bits per heavy atom. The van der Waals surface area contributed by atoms with Gasteiger partial charge in [0.05, 0.1) is 6.61 Å². The quantitative estimate of drug-likeness (QED) is 0.856. The summed E-state index contributed by atoms with van der Waals surface area (Å²) in [5.74, 6) is 0.914. The number of hydrogen-bond acceptors (Lipinski definition) is 5. The number of hydrogen-bond donors (Lipinski definition) is 1. The molecule has 1 N–H and O–H groups in total. The van der Waals surface area contributed by atoms with E-state index in [0.717, 1.165) is 27.8 Å². The molecule has 0 saturated heterocycles. The first-order valence-electron chi connectivity index (χ1n) is 6.99. The molecule has 2 heterocycles. The van der Waals surface area contributed by atoms with Crippen molar-refractivity contribution < 1.29 is 14.4 Å². The van der Waals surface area contributed by atoms with Crippen molar-refractivity contribution in [3.05, 3.63) is 46.1 Å². The first kappa shape index (κ1) is 14.6. The number of nitrogens with zero attached hydrogens (tertiary/aromatic N) is 2. The van der Waals surface area contributed by atoms with Crippen LogP contribution in [0.4, 0.5) is 0 Å². The van der Waals surface area contributed by atoms with Gasteiger partial charge < -0.3 is 14.4 Å². The van der Waals surface area contributed by atoms with Crippen LogP contribution in [0.5, 0.6) is 11.6 Å².